The number of fused-ring (bicyclic) bond motifs is 1. The monoisotopic (exact) mass is 385 g/mol. The summed E-state index contributed by atoms with van der Waals surface area (Å²) in [6, 6.07) is 5.95. The number of carbonyl (C=O) groups is 2. The van der Waals surface area contributed by atoms with Crippen LogP contribution < -0.4 is 5.32 Å². The van der Waals surface area contributed by atoms with Gasteiger partial charge in [0.25, 0.3) is 11.8 Å². The Morgan fingerprint density at radius 2 is 2.15 bits per heavy atom. The van der Waals surface area contributed by atoms with Crippen molar-refractivity contribution in [1.82, 2.24) is 9.88 Å². The second-order valence-electron chi connectivity index (χ2n) is 7.10. The molecule has 0 spiro atoms. The molecule has 7 heteroatoms. The summed E-state index contributed by atoms with van der Waals surface area (Å²) in [5.41, 5.74) is 3.87. The summed E-state index contributed by atoms with van der Waals surface area (Å²) in [4.78, 5) is 32.1. The summed E-state index contributed by atoms with van der Waals surface area (Å²) in [6.07, 6.45) is 2.16. The first kappa shape index (κ1) is 18.1. The van der Waals surface area contributed by atoms with Crippen LogP contribution >= 0.6 is 11.3 Å². The van der Waals surface area contributed by atoms with Crippen LogP contribution in [0.3, 0.4) is 0 Å². The zero-order chi connectivity index (χ0) is 19.0. The van der Waals surface area contributed by atoms with E-state index in [0.717, 1.165) is 46.1 Å². The molecule has 6 nitrogen and oxygen atoms in total. The summed E-state index contributed by atoms with van der Waals surface area (Å²) in [7, 11) is 0. The Morgan fingerprint density at radius 1 is 1.30 bits per heavy atom. The molecule has 0 bridgehead atoms. The smallest absolute Gasteiger partial charge is 0.266 e. The highest BCUT2D eigenvalue weighted by Crippen LogP contribution is 2.26. The minimum atomic E-state index is -0.350. The van der Waals surface area contributed by atoms with E-state index in [-0.39, 0.29) is 17.9 Å². The van der Waals surface area contributed by atoms with Gasteiger partial charge >= 0.3 is 0 Å². The van der Waals surface area contributed by atoms with Crippen LogP contribution in [0.15, 0.2) is 18.2 Å². The Labute approximate surface area is 162 Å². The van der Waals surface area contributed by atoms with Crippen molar-refractivity contribution in [2.75, 3.05) is 18.5 Å². The van der Waals surface area contributed by atoms with Crippen molar-refractivity contribution in [3.05, 3.63) is 44.9 Å². The number of aromatic nitrogens is 1. The molecule has 1 N–H and O–H groups in total. The Hall–Kier alpha value is -2.25. The molecule has 0 radical (unpaired) electrons. The number of amides is 2. The molecular formula is C20H23N3O3S. The molecule has 2 aliphatic rings. The number of nitrogens with zero attached hydrogens (tertiary/aromatic N) is 2. The van der Waals surface area contributed by atoms with Crippen molar-refractivity contribution in [3.8, 4) is 0 Å². The number of rotatable bonds is 3. The first-order valence-electron chi connectivity index (χ1n) is 9.29. The van der Waals surface area contributed by atoms with Gasteiger partial charge in [0.05, 0.1) is 10.7 Å². The average Bonchev–Trinajstić information content (AvgIpc) is 3.30. The number of hydrogen-bond acceptors (Lipinski definition) is 5. The van der Waals surface area contributed by atoms with Gasteiger partial charge in [-0.25, -0.2) is 4.98 Å². The number of benzene rings is 1. The maximum absolute atomic E-state index is 12.9. The fraction of sp³-hybridized carbons (Fsp3) is 0.450. The molecule has 1 saturated heterocycles. The Bertz CT molecular complexity index is 887. The highest BCUT2D eigenvalue weighted by molar-refractivity contribution is 7.13. The average molecular weight is 385 g/mol. The van der Waals surface area contributed by atoms with E-state index < -0.39 is 0 Å². The topological polar surface area (TPSA) is 71.5 Å². The maximum Gasteiger partial charge on any atom is 0.266 e. The molecule has 0 aliphatic carbocycles. The van der Waals surface area contributed by atoms with Gasteiger partial charge in [0, 0.05) is 25.4 Å². The number of nitrogens with one attached hydrogen (secondary N) is 1. The predicted octanol–water partition coefficient (Wildman–Crippen LogP) is 3.08. The van der Waals surface area contributed by atoms with Crippen molar-refractivity contribution in [2.24, 2.45) is 0 Å². The quantitative estimate of drug-likeness (QED) is 0.881. The van der Waals surface area contributed by atoms with E-state index in [1.165, 1.54) is 16.9 Å². The van der Waals surface area contributed by atoms with E-state index in [9.17, 15) is 9.59 Å². The highest BCUT2D eigenvalue weighted by atomic mass is 32.1. The van der Waals surface area contributed by atoms with Gasteiger partial charge < -0.3 is 15.0 Å². The zero-order valence-electron chi connectivity index (χ0n) is 15.6. The van der Waals surface area contributed by atoms with E-state index >= 15 is 0 Å². The third-order valence-electron chi connectivity index (χ3n) is 5.09. The third-order valence-corrected chi connectivity index (χ3v) is 6.15. The maximum atomic E-state index is 12.9. The van der Waals surface area contributed by atoms with Crippen molar-refractivity contribution < 1.29 is 14.3 Å². The molecule has 4 rings (SSSR count). The van der Waals surface area contributed by atoms with Gasteiger partial charge in [-0.3, -0.25) is 9.59 Å². The summed E-state index contributed by atoms with van der Waals surface area (Å²) in [5, 5.41) is 3.86. The fourth-order valence-corrected chi connectivity index (χ4v) is 4.58. The minimum absolute atomic E-state index is 0.0394. The molecule has 1 aromatic carbocycles. The number of aryl methyl sites for hydroxylation is 2. The molecule has 2 amide bonds. The van der Waals surface area contributed by atoms with E-state index in [1.807, 2.05) is 36.9 Å². The van der Waals surface area contributed by atoms with Crippen molar-refractivity contribution in [1.29, 1.82) is 0 Å². The van der Waals surface area contributed by atoms with Crippen LogP contribution in [0.25, 0.3) is 0 Å². The van der Waals surface area contributed by atoms with Gasteiger partial charge in [-0.15, -0.1) is 11.3 Å². The Morgan fingerprint density at radius 3 is 2.85 bits per heavy atom. The Balaban J connectivity index is 1.49. The molecule has 1 fully saturated rings. The van der Waals surface area contributed by atoms with E-state index in [0.29, 0.717) is 19.7 Å². The number of ether oxygens (including phenoxy) is 1. The second-order valence-corrected chi connectivity index (χ2v) is 8.30. The SMILES string of the molecule is Cc1nc(C)c(C(=O)N2CCc3ccc(NC(=O)[C@H]4CCCO4)cc3C2)s1. The van der Waals surface area contributed by atoms with E-state index in [1.54, 1.807) is 0 Å². The summed E-state index contributed by atoms with van der Waals surface area (Å²) in [5.74, 6) is -0.0514. The molecule has 1 aromatic heterocycles. The first-order valence-corrected chi connectivity index (χ1v) is 10.1. The van der Waals surface area contributed by atoms with E-state index in [4.69, 9.17) is 4.74 Å². The van der Waals surface area contributed by atoms with Crippen LogP contribution in [-0.2, 0) is 22.5 Å². The van der Waals surface area contributed by atoms with Crippen molar-refractivity contribution >= 4 is 28.8 Å². The fourth-order valence-electron chi connectivity index (χ4n) is 3.69. The molecule has 27 heavy (non-hydrogen) atoms. The molecule has 1 atom stereocenters. The summed E-state index contributed by atoms with van der Waals surface area (Å²) >= 11 is 1.45. The standard InChI is InChI=1S/C20H23N3O3S/c1-12-18(27-13(2)21-12)20(25)23-8-7-14-5-6-16(10-15(14)11-23)22-19(24)17-4-3-9-26-17/h5-6,10,17H,3-4,7-9,11H2,1-2H3,(H,22,24)/t17-/m1/s1. The lowest BCUT2D eigenvalue weighted by Gasteiger charge is -2.29. The van der Waals surface area contributed by atoms with Crippen molar-refractivity contribution in [2.45, 2.75) is 45.8 Å². The summed E-state index contributed by atoms with van der Waals surface area (Å²) in [6.45, 7) is 5.70. The minimum Gasteiger partial charge on any atom is -0.368 e. The number of thiazole rings is 1. The van der Waals surface area contributed by atoms with Crippen LogP contribution in [0, 0.1) is 13.8 Å². The molecule has 0 unspecified atom stereocenters. The van der Waals surface area contributed by atoms with E-state index in [2.05, 4.69) is 10.3 Å². The molecule has 142 valence electrons. The van der Waals surface area contributed by atoms with Gasteiger partial charge in [0.1, 0.15) is 11.0 Å². The summed E-state index contributed by atoms with van der Waals surface area (Å²) < 4.78 is 5.44. The number of anilines is 1. The van der Waals surface area contributed by atoms with Gasteiger partial charge in [-0.05, 0) is 56.4 Å². The number of carbonyl (C=O) groups excluding carboxylic acids is 2. The first-order chi connectivity index (χ1) is 13.0. The van der Waals surface area contributed by atoms with Crippen LogP contribution in [0.2, 0.25) is 0 Å². The lowest BCUT2D eigenvalue weighted by atomic mass is 9.98. The van der Waals surface area contributed by atoms with Gasteiger partial charge in [0.2, 0.25) is 0 Å². The van der Waals surface area contributed by atoms with Crippen LogP contribution in [0.4, 0.5) is 5.69 Å². The van der Waals surface area contributed by atoms with Gasteiger partial charge in [-0.1, -0.05) is 6.07 Å². The second kappa shape index (κ2) is 7.40. The largest absolute Gasteiger partial charge is 0.368 e. The Kier molecular flexibility index (Phi) is 4.97. The zero-order valence-corrected chi connectivity index (χ0v) is 16.4. The van der Waals surface area contributed by atoms with Crippen molar-refractivity contribution in [3.63, 3.8) is 0 Å². The number of hydrogen-bond donors (Lipinski definition) is 1. The van der Waals surface area contributed by atoms with Gasteiger partial charge in [0.15, 0.2) is 0 Å². The van der Waals surface area contributed by atoms with Gasteiger partial charge in [-0.2, -0.15) is 0 Å². The lowest BCUT2D eigenvalue weighted by molar-refractivity contribution is -0.124. The van der Waals surface area contributed by atoms with Crippen LogP contribution in [0.5, 0.6) is 0 Å². The normalized spacial score (nSPS) is 19.0. The van der Waals surface area contributed by atoms with Crippen LogP contribution in [0.1, 0.15) is 44.3 Å². The molecule has 2 aliphatic heterocycles. The molecule has 0 saturated carbocycles. The molecule has 3 heterocycles. The third kappa shape index (κ3) is 3.75. The van der Waals surface area contributed by atoms with Crippen LogP contribution in [-0.4, -0.2) is 41.0 Å². The predicted molar refractivity (Wildman–Crippen MR) is 104 cm³/mol. The lowest BCUT2D eigenvalue weighted by Crippen LogP contribution is -2.36. The highest BCUT2D eigenvalue weighted by Gasteiger charge is 2.26. The molecular weight excluding hydrogens is 362 g/mol. The molecule has 2 aromatic rings.